The molecule has 0 saturated carbocycles. The Labute approximate surface area is 141 Å². The highest BCUT2D eigenvalue weighted by Crippen LogP contribution is 2.26. The van der Waals surface area contributed by atoms with Crippen molar-refractivity contribution in [3.63, 3.8) is 0 Å². The van der Waals surface area contributed by atoms with Gasteiger partial charge in [-0.2, -0.15) is 0 Å². The fourth-order valence-corrected chi connectivity index (χ4v) is 2.42. The van der Waals surface area contributed by atoms with Crippen molar-refractivity contribution in [3.05, 3.63) is 65.2 Å². The van der Waals surface area contributed by atoms with Gasteiger partial charge in [0.25, 0.3) is 5.91 Å². The van der Waals surface area contributed by atoms with E-state index >= 15 is 0 Å². The van der Waals surface area contributed by atoms with Gasteiger partial charge in [0.1, 0.15) is 5.75 Å². The largest absolute Gasteiger partial charge is 0.496 e. The Hall–Kier alpha value is -2.95. The molecule has 0 heterocycles. The Morgan fingerprint density at radius 3 is 2.50 bits per heavy atom. The molecular weight excluding hydrogens is 302 g/mol. The summed E-state index contributed by atoms with van der Waals surface area (Å²) in [5, 5.41) is 17.6. The second-order valence-electron chi connectivity index (χ2n) is 5.31. The van der Waals surface area contributed by atoms with Crippen LogP contribution < -0.4 is 10.1 Å². The molecule has 0 aliphatic carbocycles. The molecule has 24 heavy (non-hydrogen) atoms. The third-order valence-electron chi connectivity index (χ3n) is 3.76. The molecule has 1 amide bonds. The van der Waals surface area contributed by atoms with Crippen molar-refractivity contribution in [2.45, 2.75) is 12.3 Å². The number of hydrogen-bond acceptors (Lipinski definition) is 4. The molecule has 0 fully saturated rings. The van der Waals surface area contributed by atoms with Crippen molar-refractivity contribution in [2.24, 2.45) is 0 Å². The summed E-state index contributed by atoms with van der Waals surface area (Å²) in [7, 11) is 1.51. The predicted octanol–water partition coefficient (Wildman–Crippen LogP) is 3.05. The number of nitrogens with one attached hydrogen (secondary N) is 3. The lowest BCUT2D eigenvalue weighted by Crippen LogP contribution is -2.25. The van der Waals surface area contributed by atoms with Gasteiger partial charge in [-0.25, -0.2) is 0 Å². The number of amides is 1. The third-order valence-corrected chi connectivity index (χ3v) is 3.76. The number of carbonyl (C=O) groups excluding carboxylic acids is 1. The maximum atomic E-state index is 12.3. The molecule has 2 rings (SSSR count). The molecule has 5 heteroatoms. The van der Waals surface area contributed by atoms with E-state index < -0.39 is 5.92 Å². The predicted molar refractivity (Wildman–Crippen MR) is 95.8 cm³/mol. The number of methoxy groups -OCH3 is 1. The molecule has 0 unspecified atom stereocenters. The maximum Gasteiger partial charge on any atom is 0.251 e. The van der Waals surface area contributed by atoms with Gasteiger partial charge in [0, 0.05) is 30.1 Å². The number of hydrogen-bond donors (Lipinski definition) is 3. The van der Waals surface area contributed by atoms with Crippen molar-refractivity contribution >= 4 is 18.3 Å². The van der Waals surface area contributed by atoms with Crippen LogP contribution in [0.25, 0.3) is 0 Å². The van der Waals surface area contributed by atoms with E-state index in [-0.39, 0.29) is 5.91 Å². The number of carbonyl (C=O) groups is 1. The van der Waals surface area contributed by atoms with Crippen LogP contribution in [0.3, 0.4) is 0 Å². The van der Waals surface area contributed by atoms with Crippen LogP contribution in [0.1, 0.15) is 27.4 Å². The molecule has 2 aromatic rings. The first kappa shape index (κ1) is 17.4. The molecule has 0 atom stereocenters. The van der Waals surface area contributed by atoms with Crippen molar-refractivity contribution in [3.8, 4) is 5.75 Å². The first-order valence-electron chi connectivity index (χ1n) is 7.71. The van der Waals surface area contributed by atoms with E-state index in [0.717, 1.165) is 6.42 Å². The zero-order chi connectivity index (χ0) is 17.4. The van der Waals surface area contributed by atoms with Crippen molar-refractivity contribution < 1.29 is 9.53 Å². The Kier molecular flexibility index (Phi) is 6.25. The van der Waals surface area contributed by atoms with E-state index in [0.29, 0.717) is 23.4 Å². The Balaban J connectivity index is 2.04. The zero-order valence-electron chi connectivity index (χ0n) is 13.6. The van der Waals surface area contributed by atoms with Crippen molar-refractivity contribution in [1.82, 2.24) is 5.32 Å². The molecular formula is C19H21N3O2. The highest BCUT2D eigenvalue weighted by Gasteiger charge is 2.14. The summed E-state index contributed by atoms with van der Waals surface area (Å²) in [4.78, 5) is 12.3. The zero-order valence-corrected chi connectivity index (χ0v) is 13.6. The van der Waals surface area contributed by atoms with E-state index in [4.69, 9.17) is 15.6 Å². The Morgan fingerprint density at radius 2 is 1.88 bits per heavy atom. The second-order valence-corrected chi connectivity index (χ2v) is 5.31. The molecule has 2 aromatic carbocycles. The summed E-state index contributed by atoms with van der Waals surface area (Å²) >= 11 is 0. The van der Waals surface area contributed by atoms with Crippen molar-refractivity contribution in [2.75, 3.05) is 13.7 Å². The normalized spacial score (nSPS) is 11.4. The average Bonchev–Trinajstić information content (AvgIpc) is 2.63. The molecule has 0 spiro atoms. The smallest absolute Gasteiger partial charge is 0.251 e. The van der Waals surface area contributed by atoms with Crippen molar-refractivity contribution in [1.29, 1.82) is 10.8 Å². The maximum absolute atomic E-state index is 12.3. The highest BCUT2D eigenvalue weighted by molar-refractivity contribution is 5.95. The lowest BCUT2D eigenvalue weighted by atomic mass is 9.98. The van der Waals surface area contributed by atoms with Crippen LogP contribution in [0.15, 0.2) is 48.5 Å². The molecule has 0 aliphatic rings. The summed E-state index contributed by atoms with van der Waals surface area (Å²) in [6.07, 6.45) is 3.11. The Morgan fingerprint density at radius 1 is 1.17 bits per heavy atom. The minimum atomic E-state index is -0.449. The van der Waals surface area contributed by atoms with Crippen LogP contribution in [0, 0.1) is 10.8 Å². The summed E-state index contributed by atoms with van der Waals surface area (Å²) in [6, 6.07) is 15.0. The molecule has 3 N–H and O–H groups in total. The summed E-state index contributed by atoms with van der Waals surface area (Å²) < 4.78 is 5.31. The minimum Gasteiger partial charge on any atom is -0.496 e. The third kappa shape index (κ3) is 4.29. The standard InChI is InChI=1S/C19H21N3O2/c1-24-18-11-15(7-8-17(18)16(12-20)13-21)19(23)22-10-9-14-5-3-2-4-6-14/h2-8,11-13,16,20-21H,9-10H2,1H3,(H,22,23). The molecule has 0 radical (unpaired) electrons. The van der Waals surface area contributed by atoms with Crippen LogP contribution in [0.4, 0.5) is 0 Å². The molecule has 0 bridgehead atoms. The fourth-order valence-electron chi connectivity index (χ4n) is 2.42. The fraction of sp³-hybridized carbons (Fsp3) is 0.211. The SMILES string of the molecule is COc1cc(C(=O)NCCc2ccccc2)ccc1C(C=N)C=N. The van der Waals surface area contributed by atoms with Crippen LogP contribution >= 0.6 is 0 Å². The second kappa shape index (κ2) is 8.62. The lowest BCUT2D eigenvalue weighted by Gasteiger charge is -2.13. The van der Waals surface area contributed by atoms with Gasteiger partial charge in [0.05, 0.1) is 13.0 Å². The van der Waals surface area contributed by atoms with Gasteiger partial charge >= 0.3 is 0 Å². The first-order chi connectivity index (χ1) is 11.7. The quantitative estimate of drug-likeness (QED) is 0.652. The monoisotopic (exact) mass is 323 g/mol. The van der Waals surface area contributed by atoms with Crippen LogP contribution in [-0.2, 0) is 6.42 Å². The molecule has 0 aromatic heterocycles. The van der Waals surface area contributed by atoms with Gasteiger partial charge in [-0.1, -0.05) is 36.4 Å². The molecule has 124 valence electrons. The molecule has 0 saturated heterocycles. The Bertz CT molecular complexity index is 706. The van der Waals surface area contributed by atoms with Gasteiger partial charge in [-0.3, -0.25) is 4.79 Å². The molecule has 5 nitrogen and oxygen atoms in total. The summed E-state index contributed by atoms with van der Waals surface area (Å²) in [6.45, 7) is 0.552. The average molecular weight is 323 g/mol. The van der Waals surface area contributed by atoms with Gasteiger partial charge in [-0.15, -0.1) is 0 Å². The first-order valence-corrected chi connectivity index (χ1v) is 7.71. The van der Waals surface area contributed by atoms with E-state index in [9.17, 15) is 4.79 Å². The van der Waals surface area contributed by atoms with E-state index in [1.165, 1.54) is 25.1 Å². The number of benzene rings is 2. The van der Waals surface area contributed by atoms with Crippen LogP contribution in [0.5, 0.6) is 5.75 Å². The topological polar surface area (TPSA) is 86.0 Å². The van der Waals surface area contributed by atoms with E-state index in [1.54, 1.807) is 18.2 Å². The van der Waals surface area contributed by atoms with Gasteiger partial charge in [-0.05, 0) is 24.1 Å². The summed E-state index contributed by atoms with van der Waals surface area (Å²) in [5.74, 6) is -0.116. The van der Waals surface area contributed by atoms with Gasteiger partial charge in [0.15, 0.2) is 0 Å². The van der Waals surface area contributed by atoms with Crippen LogP contribution in [-0.4, -0.2) is 32.0 Å². The van der Waals surface area contributed by atoms with Gasteiger partial charge in [0.2, 0.25) is 0 Å². The van der Waals surface area contributed by atoms with Gasteiger partial charge < -0.3 is 20.9 Å². The number of rotatable bonds is 8. The van der Waals surface area contributed by atoms with Crippen LogP contribution in [0.2, 0.25) is 0 Å². The molecule has 0 aliphatic heterocycles. The number of ether oxygens (including phenoxy) is 1. The lowest BCUT2D eigenvalue weighted by molar-refractivity contribution is 0.0954. The van der Waals surface area contributed by atoms with E-state index in [2.05, 4.69) is 5.32 Å². The summed E-state index contributed by atoms with van der Waals surface area (Å²) in [5.41, 5.74) is 2.37. The minimum absolute atomic E-state index is 0.169. The highest BCUT2D eigenvalue weighted by atomic mass is 16.5. The van der Waals surface area contributed by atoms with E-state index in [1.807, 2.05) is 30.3 Å².